The lowest BCUT2D eigenvalue weighted by molar-refractivity contribution is -0.143. The molecule has 0 atom stereocenters. The number of aliphatic carboxylic acids is 1. The quantitative estimate of drug-likeness (QED) is 0.236. The highest BCUT2D eigenvalue weighted by Crippen LogP contribution is 2.30. The summed E-state index contributed by atoms with van der Waals surface area (Å²) in [7, 11) is 1.69. The zero-order chi connectivity index (χ0) is 26.6. The number of piperidine rings is 1. The molecule has 0 spiro atoms. The van der Waals surface area contributed by atoms with Gasteiger partial charge in [0.15, 0.2) is 11.6 Å². The third kappa shape index (κ3) is 8.17. The van der Waals surface area contributed by atoms with Gasteiger partial charge in [-0.1, -0.05) is 19.4 Å². The summed E-state index contributed by atoms with van der Waals surface area (Å²) in [5.41, 5.74) is 7.30. The number of anilines is 3. The molecular weight excluding hydrogens is 478 g/mol. The maximum absolute atomic E-state index is 12.0. The summed E-state index contributed by atoms with van der Waals surface area (Å²) < 4.78 is 11.4. The number of carboxylic acid groups (broad SMARTS) is 1. The summed E-state index contributed by atoms with van der Waals surface area (Å²) >= 11 is 0. The van der Waals surface area contributed by atoms with Crippen LogP contribution in [0.1, 0.15) is 44.6 Å². The third-order valence-electron chi connectivity index (χ3n) is 6.23. The molecule has 0 aromatic carbocycles. The number of nitrogen functional groups attached to an aromatic ring is 1. The number of amides is 1. The minimum atomic E-state index is -0.696. The van der Waals surface area contributed by atoms with Crippen LogP contribution in [0.15, 0.2) is 18.3 Å². The second-order valence-corrected chi connectivity index (χ2v) is 8.94. The number of nitrogens with one attached hydrogen (secondary N) is 1. The van der Waals surface area contributed by atoms with E-state index >= 15 is 0 Å². The Hall–Kier alpha value is -3.67. The van der Waals surface area contributed by atoms with Crippen LogP contribution in [0, 0.1) is 5.92 Å². The number of carboxylic acids is 1. The van der Waals surface area contributed by atoms with Crippen molar-refractivity contribution in [3.8, 4) is 11.9 Å². The number of ether oxygens (including phenoxy) is 2. The number of rotatable bonds is 15. The van der Waals surface area contributed by atoms with Crippen LogP contribution in [0.4, 0.5) is 17.3 Å². The SMILES string of the molecule is CCCCOc1nc(N)c(NC)c(N(C=O)Cc2ccc(OCCCN3CCC(C(=O)O)CC3)nc2)n1. The average Bonchev–Trinajstić information content (AvgIpc) is 2.90. The van der Waals surface area contributed by atoms with Gasteiger partial charge in [-0.15, -0.1) is 0 Å². The monoisotopic (exact) mass is 515 g/mol. The molecule has 3 rings (SSSR count). The molecule has 3 heterocycles. The van der Waals surface area contributed by atoms with Gasteiger partial charge in [0.1, 0.15) is 5.69 Å². The van der Waals surface area contributed by atoms with Crippen LogP contribution >= 0.6 is 0 Å². The van der Waals surface area contributed by atoms with Crippen molar-refractivity contribution in [2.75, 3.05) is 55.8 Å². The molecule has 12 nitrogen and oxygen atoms in total. The smallest absolute Gasteiger partial charge is 0.320 e. The molecular formula is C25H37N7O5. The lowest BCUT2D eigenvalue weighted by Crippen LogP contribution is -2.37. The van der Waals surface area contributed by atoms with E-state index in [1.54, 1.807) is 19.3 Å². The summed E-state index contributed by atoms with van der Waals surface area (Å²) in [4.78, 5) is 39.7. The molecule has 0 unspecified atom stereocenters. The first kappa shape index (κ1) is 27.9. The fourth-order valence-electron chi connectivity index (χ4n) is 4.08. The first-order valence-electron chi connectivity index (χ1n) is 12.7. The van der Waals surface area contributed by atoms with Gasteiger partial charge in [0.2, 0.25) is 12.3 Å². The molecule has 1 fully saturated rings. The Labute approximate surface area is 217 Å². The molecule has 12 heteroatoms. The lowest BCUT2D eigenvalue weighted by Gasteiger charge is -2.29. The largest absolute Gasteiger partial charge is 0.481 e. The number of carbonyl (C=O) groups excluding carboxylic acids is 1. The molecule has 37 heavy (non-hydrogen) atoms. The molecule has 0 aliphatic carbocycles. The van der Waals surface area contributed by atoms with Gasteiger partial charge in [-0.05, 0) is 44.3 Å². The maximum Gasteiger partial charge on any atom is 0.320 e. The predicted molar refractivity (Wildman–Crippen MR) is 140 cm³/mol. The molecule has 0 bridgehead atoms. The van der Waals surface area contributed by atoms with E-state index in [2.05, 4.69) is 32.1 Å². The summed E-state index contributed by atoms with van der Waals surface area (Å²) in [6, 6.07) is 3.74. The Kier molecular flexibility index (Phi) is 10.7. The van der Waals surface area contributed by atoms with E-state index in [9.17, 15) is 9.59 Å². The van der Waals surface area contributed by atoms with Crippen molar-refractivity contribution >= 4 is 29.7 Å². The standard InChI is InChI=1S/C25H37N7O5/c1-3-4-13-37-25-29-22(26)21(27-2)23(30-25)32(17-33)16-18-6-7-20(28-15-18)36-14-5-10-31-11-8-19(9-12-31)24(34)35/h6-7,15,17,19,27H,3-5,8-14,16H2,1-2H3,(H,34,35)(H2,26,29,30). The Morgan fingerprint density at radius 2 is 2.00 bits per heavy atom. The van der Waals surface area contributed by atoms with Crippen molar-refractivity contribution < 1.29 is 24.2 Å². The number of nitrogens with two attached hydrogens (primary N) is 1. The van der Waals surface area contributed by atoms with E-state index in [1.807, 2.05) is 6.07 Å². The van der Waals surface area contributed by atoms with Crippen LogP contribution in [-0.2, 0) is 16.1 Å². The Bertz CT molecular complexity index is 1010. The maximum atomic E-state index is 12.0. The first-order valence-corrected chi connectivity index (χ1v) is 12.7. The number of unbranched alkanes of at least 4 members (excludes halogenated alkanes) is 1. The topological polar surface area (TPSA) is 156 Å². The number of aromatic nitrogens is 3. The molecule has 2 aromatic heterocycles. The van der Waals surface area contributed by atoms with E-state index in [-0.39, 0.29) is 24.3 Å². The normalized spacial score (nSPS) is 14.2. The molecule has 2 aromatic rings. The van der Waals surface area contributed by atoms with Crippen LogP contribution < -0.4 is 25.4 Å². The molecule has 4 N–H and O–H groups in total. The summed E-state index contributed by atoms with van der Waals surface area (Å²) in [5, 5.41) is 12.1. The van der Waals surface area contributed by atoms with Crippen molar-refractivity contribution in [1.82, 2.24) is 19.9 Å². The summed E-state index contributed by atoms with van der Waals surface area (Å²) in [5.74, 6) is 0.102. The van der Waals surface area contributed by atoms with Crippen molar-refractivity contribution in [2.45, 2.75) is 45.6 Å². The van der Waals surface area contributed by atoms with Crippen molar-refractivity contribution in [1.29, 1.82) is 0 Å². The first-order chi connectivity index (χ1) is 17.9. The zero-order valence-corrected chi connectivity index (χ0v) is 21.6. The Balaban J connectivity index is 1.52. The van der Waals surface area contributed by atoms with Crippen LogP contribution in [-0.4, -0.2) is 77.2 Å². The second kappa shape index (κ2) is 14.2. The van der Waals surface area contributed by atoms with E-state index in [1.165, 1.54) is 4.90 Å². The van der Waals surface area contributed by atoms with E-state index in [0.717, 1.165) is 44.5 Å². The van der Waals surface area contributed by atoms with Gasteiger partial charge < -0.3 is 30.5 Å². The van der Waals surface area contributed by atoms with Gasteiger partial charge in [-0.25, -0.2) is 4.98 Å². The van der Waals surface area contributed by atoms with E-state index in [4.69, 9.17) is 20.3 Å². The minimum absolute atomic E-state index is 0.125. The summed E-state index contributed by atoms with van der Waals surface area (Å²) in [6.45, 7) is 5.72. The van der Waals surface area contributed by atoms with Crippen molar-refractivity contribution in [3.63, 3.8) is 0 Å². The zero-order valence-electron chi connectivity index (χ0n) is 21.6. The highest BCUT2D eigenvalue weighted by Gasteiger charge is 2.24. The van der Waals surface area contributed by atoms with Crippen LogP contribution in [0.3, 0.4) is 0 Å². The molecule has 202 valence electrons. The highest BCUT2D eigenvalue weighted by atomic mass is 16.5. The number of nitrogens with zero attached hydrogens (tertiary/aromatic N) is 5. The number of pyridine rings is 1. The molecule has 1 aliphatic rings. The minimum Gasteiger partial charge on any atom is -0.481 e. The lowest BCUT2D eigenvalue weighted by atomic mass is 9.97. The van der Waals surface area contributed by atoms with Crippen LogP contribution in [0.5, 0.6) is 11.9 Å². The fraction of sp³-hybridized carbons (Fsp3) is 0.560. The second-order valence-electron chi connectivity index (χ2n) is 8.94. The Morgan fingerprint density at radius 1 is 1.24 bits per heavy atom. The van der Waals surface area contributed by atoms with Crippen LogP contribution in [0.2, 0.25) is 0 Å². The Morgan fingerprint density at radius 3 is 2.62 bits per heavy atom. The van der Waals surface area contributed by atoms with E-state index < -0.39 is 5.97 Å². The van der Waals surface area contributed by atoms with Gasteiger partial charge >= 0.3 is 12.0 Å². The predicted octanol–water partition coefficient (Wildman–Crippen LogP) is 2.40. The van der Waals surface area contributed by atoms with E-state index in [0.29, 0.717) is 49.9 Å². The number of carbonyl (C=O) groups is 2. The number of hydrogen-bond donors (Lipinski definition) is 3. The number of hydrogen-bond acceptors (Lipinski definition) is 10. The number of likely N-dealkylation sites (tertiary alicyclic amines) is 1. The van der Waals surface area contributed by atoms with Gasteiger partial charge in [0.05, 0.1) is 25.7 Å². The fourth-order valence-corrected chi connectivity index (χ4v) is 4.08. The molecule has 1 saturated heterocycles. The summed E-state index contributed by atoms with van der Waals surface area (Å²) in [6.07, 6.45) is 6.38. The van der Waals surface area contributed by atoms with Gasteiger partial charge in [-0.2, -0.15) is 9.97 Å². The van der Waals surface area contributed by atoms with Gasteiger partial charge in [0.25, 0.3) is 0 Å². The molecule has 0 saturated carbocycles. The van der Waals surface area contributed by atoms with Gasteiger partial charge in [-0.3, -0.25) is 14.5 Å². The van der Waals surface area contributed by atoms with Gasteiger partial charge in [0, 0.05) is 25.9 Å². The average molecular weight is 516 g/mol. The van der Waals surface area contributed by atoms with Crippen molar-refractivity contribution in [2.24, 2.45) is 5.92 Å². The molecule has 1 aliphatic heterocycles. The molecule has 1 amide bonds. The molecule has 0 radical (unpaired) electrons. The van der Waals surface area contributed by atoms with Crippen LogP contribution in [0.25, 0.3) is 0 Å². The highest BCUT2D eigenvalue weighted by molar-refractivity contribution is 5.85. The van der Waals surface area contributed by atoms with Crippen molar-refractivity contribution in [3.05, 3.63) is 23.9 Å². The third-order valence-corrected chi connectivity index (χ3v) is 6.23.